The molecule has 0 radical (unpaired) electrons. The molecule has 2 unspecified atom stereocenters. The number of likely N-dealkylation sites (N-methyl/N-ethyl adjacent to an activating group) is 1. The molecular formula is C31H31N7O6. The van der Waals surface area contributed by atoms with Crippen LogP contribution in [0.1, 0.15) is 33.5 Å². The van der Waals surface area contributed by atoms with Gasteiger partial charge in [-0.2, -0.15) is 5.26 Å². The van der Waals surface area contributed by atoms with Gasteiger partial charge in [-0.05, 0) is 50.7 Å². The first kappa shape index (κ1) is 30.5. The Hall–Kier alpha value is -4.95. The molecule has 3 aliphatic carbocycles. The Morgan fingerprint density at radius 3 is 2.34 bits per heavy atom. The number of nitrogens with two attached hydrogens (primary N) is 3. The van der Waals surface area contributed by atoms with Gasteiger partial charge in [-0.3, -0.25) is 33.9 Å². The van der Waals surface area contributed by atoms with Crippen LogP contribution in [0.4, 0.5) is 5.69 Å². The van der Waals surface area contributed by atoms with E-state index in [0.29, 0.717) is 16.8 Å². The van der Waals surface area contributed by atoms with Gasteiger partial charge in [-0.15, -0.1) is 0 Å². The van der Waals surface area contributed by atoms with Crippen molar-refractivity contribution in [1.29, 1.82) is 5.26 Å². The summed E-state index contributed by atoms with van der Waals surface area (Å²) in [5.74, 6) is -4.56. The number of hydrogen-bond donors (Lipinski definition) is 4. The molecule has 1 aromatic carbocycles. The second-order valence-corrected chi connectivity index (χ2v) is 12.2. The number of pyridine rings is 1. The summed E-state index contributed by atoms with van der Waals surface area (Å²) in [6, 6.07) is 5.21. The van der Waals surface area contributed by atoms with Crippen LogP contribution in [0.5, 0.6) is 5.75 Å². The molecule has 0 bridgehead atoms. The fourth-order valence-corrected chi connectivity index (χ4v) is 7.33. The molecule has 1 aromatic heterocycles. The van der Waals surface area contributed by atoms with Crippen molar-refractivity contribution in [2.45, 2.75) is 30.0 Å². The average Bonchev–Trinajstić information content (AvgIpc) is 2.92. The molecule has 226 valence electrons. The van der Waals surface area contributed by atoms with Crippen LogP contribution in [-0.4, -0.2) is 89.3 Å². The first-order valence-corrected chi connectivity index (χ1v) is 13.7. The van der Waals surface area contributed by atoms with E-state index in [1.165, 1.54) is 25.2 Å². The number of amides is 1. The van der Waals surface area contributed by atoms with E-state index in [1.54, 1.807) is 49.5 Å². The predicted octanol–water partition coefficient (Wildman–Crippen LogP) is -1.33. The Morgan fingerprint density at radius 2 is 1.80 bits per heavy atom. The number of Topliss-reactive ketones (excluding diaryl/α,β-unsaturated/α-hetero) is 4. The molecule has 0 aliphatic heterocycles. The number of nitrogens with zero attached hydrogens (tertiary/aromatic N) is 4. The lowest BCUT2D eigenvalue weighted by atomic mass is 9.42. The number of aromatic hydroxyl groups is 1. The van der Waals surface area contributed by atoms with Crippen molar-refractivity contribution in [3.05, 3.63) is 52.8 Å². The molecule has 1 amide bonds. The smallest absolute Gasteiger partial charge is 0.235 e. The van der Waals surface area contributed by atoms with Crippen molar-refractivity contribution in [3.8, 4) is 23.7 Å². The summed E-state index contributed by atoms with van der Waals surface area (Å²) >= 11 is 0. The van der Waals surface area contributed by atoms with Crippen LogP contribution in [0, 0.1) is 40.4 Å². The van der Waals surface area contributed by atoms with E-state index in [9.17, 15) is 34.3 Å². The number of nitriles is 1. The van der Waals surface area contributed by atoms with E-state index in [0.717, 1.165) is 0 Å². The van der Waals surface area contributed by atoms with Gasteiger partial charge in [-0.25, -0.2) is 0 Å². The highest BCUT2D eigenvalue weighted by Crippen LogP contribution is 2.57. The first-order valence-electron chi connectivity index (χ1n) is 13.7. The van der Waals surface area contributed by atoms with E-state index < -0.39 is 75.6 Å². The number of hydrogen-bond acceptors (Lipinski definition) is 12. The number of carbonyl (C=O) groups is 5. The van der Waals surface area contributed by atoms with Crippen LogP contribution < -0.4 is 22.1 Å². The number of aromatic nitrogens is 1. The highest BCUT2D eigenvalue weighted by Gasteiger charge is 2.78. The van der Waals surface area contributed by atoms with Crippen LogP contribution in [0.25, 0.3) is 0 Å². The van der Waals surface area contributed by atoms with Gasteiger partial charge >= 0.3 is 0 Å². The topological polar surface area (TPSA) is 227 Å². The number of fused-ring (bicyclic) bond motifs is 3. The van der Waals surface area contributed by atoms with E-state index in [-0.39, 0.29) is 17.5 Å². The summed E-state index contributed by atoms with van der Waals surface area (Å²) in [6.45, 7) is 0. The lowest BCUT2D eigenvalue weighted by Crippen LogP contribution is -2.85. The Morgan fingerprint density at radius 1 is 1.11 bits per heavy atom. The molecular weight excluding hydrogens is 566 g/mol. The van der Waals surface area contributed by atoms with Gasteiger partial charge in [-0.1, -0.05) is 11.8 Å². The Balaban J connectivity index is 1.76. The van der Waals surface area contributed by atoms with Gasteiger partial charge in [0.1, 0.15) is 11.7 Å². The summed E-state index contributed by atoms with van der Waals surface area (Å²) in [5.41, 5.74) is 13.6. The van der Waals surface area contributed by atoms with Gasteiger partial charge < -0.3 is 27.2 Å². The lowest BCUT2D eigenvalue weighted by Gasteiger charge is -2.60. The molecule has 13 heteroatoms. The molecule has 44 heavy (non-hydrogen) atoms. The molecule has 13 nitrogen and oxygen atoms in total. The predicted molar refractivity (Wildman–Crippen MR) is 156 cm³/mol. The summed E-state index contributed by atoms with van der Waals surface area (Å²) in [7, 11) is 6.33. The number of rotatable bonds is 3. The lowest BCUT2D eigenvalue weighted by molar-refractivity contribution is -0.166. The van der Waals surface area contributed by atoms with Gasteiger partial charge in [0.15, 0.2) is 34.5 Å². The molecule has 2 fully saturated rings. The number of primary amides is 1. The number of carbonyl (C=O) groups excluding carboxylic acids is 5. The van der Waals surface area contributed by atoms with Crippen LogP contribution in [0.15, 0.2) is 30.6 Å². The summed E-state index contributed by atoms with van der Waals surface area (Å²) in [4.78, 5) is 75.7. The van der Waals surface area contributed by atoms with E-state index in [1.807, 2.05) is 0 Å². The minimum absolute atomic E-state index is 0.0846. The maximum atomic E-state index is 14.5. The van der Waals surface area contributed by atoms with Crippen LogP contribution in [-0.2, 0) is 25.6 Å². The number of phenols is 1. The highest BCUT2D eigenvalue weighted by atomic mass is 16.3. The molecule has 5 rings (SSSR count). The summed E-state index contributed by atoms with van der Waals surface area (Å²) < 4.78 is 0. The summed E-state index contributed by atoms with van der Waals surface area (Å²) in [6.07, 6.45) is 2.44. The third-order valence-electron chi connectivity index (χ3n) is 9.05. The van der Waals surface area contributed by atoms with Gasteiger partial charge in [0.25, 0.3) is 0 Å². The van der Waals surface area contributed by atoms with Crippen molar-refractivity contribution in [1.82, 2.24) is 9.88 Å². The molecule has 0 spiro atoms. The largest absolute Gasteiger partial charge is 0.506 e. The highest BCUT2D eigenvalue weighted by molar-refractivity contribution is 6.33. The fraction of sp³-hybridized carbons (Fsp3) is 0.387. The van der Waals surface area contributed by atoms with Gasteiger partial charge in [0, 0.05) is 43.3 Å². The molecule has 1 heterocycles. The quantitative estimate of drug-likeness (QED) is 0.238. The third-order valence-corrected chi connectivity index (χ3v) is 9.05. The van der Waals surface area contributed by atoms with Crippen molar-refractivity contribution in [3.63, 3.8) is 0 Å². The Bertz CT molecular complexity index is 1770. The SMILES string of the molecule is CN(C)c1cc(C#Cc2cccnc2)c(O)c2c1C[C@@]1(N)C[C@@]3(N)[C@H](N(C)C)C(=O)C(C(N)=O)C(=O)[C@@]3(C#N)C(=O)C1C2=O. The molecule has 3 aliphatic rings. The zero-order valence-corrected chi connectivity index (χ0v) is 24.5. The van der Waals surface area contributed by atoms with Crippen LogP contribution in [0.2, 0.25) is 0 Å². The second kappa shape index (κ2) is 10.1. The molecule has 0 saturated heterocycles. The zero-order chi connectivity index (χ0) is 32.5. The standard InChI is InChI=1S/C31H31N7O6/c1-37(2)18-10-16(8-7-15-6-5-9-36-12-15)22(39)19-17(18)11-29(34)13-31(35)25(38(3)4)24(41)20(28(33)44)26(42)30(31,14-32)27(43)21(29)23(19)40/h5-6,9-10,12,20-21,25,39H,11,13,34-35H2,1-4H3,(H2,33,44)/t20?,21?,25-,29-,30+,31-/m1/s1. The molecule has 2 aromatic rings. The number of phenolic OH excluding ortho intramolecular Hbond substituents is 1. The minimum Gasteiger partial charge on any atom is -0.506 e. The van der Waals surface area contributed by atoms with Crippen molar-refractivity contribution >= 4 is 34.7 Å². The Labute approximate surface area is 253 Å². The maximum Gasteiger partial charge on any atom is 0.235 e. The molecule has 6 atom stereocenters. The third kappa shape index (κ3) is 3.90. The second-order valence-electron chi connectivity index (χ2n) is 12.2. The van der Waals surface area contributed by atoms with Crippen molar-refractivity contribution in [2.24, 2.45) is 34.5 Å². The average molecular weight is 598 g/mol. The van der Waals surface area contributed by atoms with E-state index in [4.69, 9.17) is 17.2 Å². The van der Waals surface area contributed by atoms with Crippen molar-refractivity contribution in [2.75, 3.05) is 33.1 Å². The Kier molecular flexibility index (Phi) is 6.98. The minimum atomic E-state index is -2.81. The normalized spacial score (nSPS) is 30.8. The monoisotopic (exact) mass is 597 g/mol. The van der Waals surface area contributed by atoms with Crippen LogP contribution >= 0.6 is 0 Å². The number of benzene rings is 1. The zero-order valence-electron chi connectivity index (χ0n) is 24.5. The maximum absolute atomic E-state index is 14.5. The van der Waals surface area contributed by atoms with E-state index >= 15 is 0 Å². The number of ketones is 4. The van der Waals surface area contributed by atoms with Crippen molar-refractivity contribution < 1.29 is 29.1 Å². The molecule has 2 saturated carbocycles. The number of anilines is 1. The van der Waals surface area contributed by atoms with Gasteiger partial charge in [0.2, 0.25) is 5.91 Å². The van der Waals surface area contributed by atoms with Crippen LogP contribution in [0.3, 0.4) is 0 Å². The first-order chi connectivity index (χ1) is 20.6. The fourth-order valence-electron chi connectivity index (χ4n) is 7.33. The van der Waals surface area contributed by atoms with E-state index in [2.05, 4.69) is 16.8 Å². The van der Waals surface area contributed by atoms with Gasteiger partial charge in [0.05, 0.1) is 28.8 Å². The molecule has 7 N–H and O–H groups in total. The summed E-state index contributed by atoms with van der Waals surface area (Å²) in [5, 5.41) is 21.9.